The van der Waals surface area contributed by atoms with E-state index in [9.17, 15) is 9.59 Å². The molecule has 0 aliphatic heterocycles. The Morgan fingerprint density at radius 2 is 1.64 bits per heavy atom. The standard InChI is InChI=1S/C19H21NO4S/c1-13(18(21)20-16-11-7-8-12-17(16)23-3)24-19(22)14(2)25-15-9-5-4-6-10-15/h4-14H,1-3H3,(H,20,21)/t13-,14-/m0/s1. The lowest BCUT2D eigenvalue weighted by molar-refractivity contribution is -0.152. The number of carbonyl (C=O) groups excluding carboxylic acids is 2. The third-order valence-electron chi connectivity index (χ3n) is 3.41. The highest BCUT2D eigenvalue weighted by atomic mass is 32.2. The largest absolute Gasteiger partial charge is 0.495 e. The molecule has 0 aliphatic rings. The molecule has 1 amide bonds. The molecule has 0 aromatic heterocycles. The lowest BCUT2D eigenvalue weighted by atomic mass is 10.2. The maximum Gasteiger partial charge on any atom is 0.319 e. The second-order valence-electron chi connectivity index (χ2n) is 5.34. The van der Waals surface area contributed by atoms with Gasteiger partial charge in [-0.3, -0.25) is 9.59 Å². The van der Waals surface area contributed by atoms with Gasteiger partial charge in [0.1, 0.15) is 11.0 Å². The average Bonchev–Trinajstić information content (AvgIpc) is 2.62. The Bertz CT molecular complexity index is 720. The Labute approximate surface area is 151 Å². The van der Waals surface area contributed by atoms with Gasteiger partial charge >= 0.3 is 5.97 Å². The minimum Gasteiger partial charge on any atom is -0.495 e. The fraction of sp³-hybridized carbons (Fsp3) is 0.263. The molecule has 0 fully saturated rings. The van der Waals surface area contributed by atoms with E-state index >= 15 is 0 Å². The molecule has 0 unspecified atom stereocenters. The topological polar surface area (TPSA) is 64.6 Å². The lowest BCUT2D eigenvalue weighted by Gasteiger charge is -2.17. The molecule has 0 bridgehead atoms. The van der Waals surface area contributed by atoms with Crippen LogP contribution in [0.3, 0.4) is 0 Å². The van der Waals surface area contributed by atoms with E-state index in [0.29, 0.717) is 11.4 Å². The molecular weight excluding hydrogens is 338 g/mol. The lowest BCUT2D eigenvalue weighted by Crippen LogP contribution is -2.32. The van der Waals surface area contributed by atoms with E-state index in [0.717, 1.165) is 4.90 Å². The molecule has 0 radical (unpaired) electrons. The second kappa shape index (κ2) is 9.13. The first-order chi connectivity index (χ1) is 12.0. The molecule has 6 heteroatoms. The zero-order chi connectivity index (χ0) is 18.2. The molecule has 2 atom stereocenters. The summed E-state index contributed by atoms with van der Waals surface area (Å²) in [6, 6.07) is 16.6. The predicted molar refractivity (Wildman–Crippen MR) is 98.9 cm³/mol. The van der Waals surface area contributed by atoms with Gasteiger partial charge in [0, 0.05) is 4.90 Å². The van der Waals surface area contributed by atoms with E-state index in [1.54, 1.807) is 38.1 Å². The van der Waals surface area contributed by atoms with E-state index < -0.39 is 23.2 Å². The Kier molecular flexibility index (Phi) is 6.89. The first-order valence-electron chi connectivity index (χ1n) is 7.87. The molecule has 132 valence electrons. The van der Waals surface area contributed by atoms with Crippen LogP contribution in [0, 0.1) is 0 Å². The maximum absolute atomic E-state index is 12.2. The Hall–Kier alpha value is -2.47. The number of para-hydroxylation sites is 2. The van der Waals surface area contributed by atoms with Crippen molar-refractivity contribution >= 4 is 29.3 Å². The van der Waals surface area contributed by atoms with Crippen molar-refractivity contribution < 1.29 is 19.1 Å². The number of hydrogen-bond donors (Lipinski definition) is 1. The smallest absolute Gasteiger partial charge is 0.319 e. The summed E-state index contributed by atoms with van der Waals surface area (Å²) in [5.41, 5.74) is 0.532. The van der Waals surface area contributed by atoms with E-state index in [1.807, 2.05) is 30.3 Å². The number of methoxy groups -OCH3 is 1. The number of carbonyl (C=O) groups is 2. The van der Waals surface area contributed by atoms with Gasteiger partial charge in [-0.1, -0.05) is 30.3 Å². The monoisotopic (exact) mass is 359 g/mol. The van der Waals surface area contributed by atoms with Crippen molar-refractivity contribution in [2.24, 2.45) is 0 Å². The van der Waals surface area contributed by atoms with Crippen molar-refractivity contribution in [1.82, 2.24) is 0 Å². The molecule has 0 heterocycles. The van der Waals surface area contributed by atoms with Gasteiger partial charge in [0.05, 0.1) is 12.8 Å². The third kappa shape index (κ3) is 5.53. The third-order valence-corrected chi connectivity index (χ3v) is 4.51. The summed E-state index contributed by atoms with van der Waals surface area (Å²) in [4.78, 5) is 25.4. The van der Waals surface area contributed by atoms with Crippen LogP contribution in [0.1, 0.15) is 13.8 Å². The summed E-state index contributed by atoms with van der Waals surface area (Å²) in [6.45, 7) is 3.30. The molecule has 2 rings (SSSR count). The summed E-state index contributed by atoms with van der Waals surface area (Å²) < 4.78 is 10.5. The van der Waals surface area contributed by atoms with Crippen LogP contribution in [0.15, 0.2) is 59.5 Å². The minimum absolute atomic E-state index is 0.408. The number of anilines is 1. The fourth-order valence-corrected chi connectivity index (χ4v) is 2.93. The van der Waals surface area contributed by atoms with Gasteiger partial charge < -0.3 is 14.8 Å². The summed E-state index contributed by atoms with van der Waals surface area (Å²) in [7, 11) is 1.52. The van der Waals surface area contributed by atoms with Crippen LogP contribution in [-0.4, -0.2) is 30.3 Å². The molecule has 0 saturated heterocycles. The van der Waals surface area contributed by atoms with Crippen molar-refractivity contribution in [3.8, 4) is 5.75 Å². The van der Waals surface area contributed by atoms with E-state index in [1.165, 1.54) is 18.9 Å². The molecule has 2 aromatic carbocycles. The number of thioether (sulfide) groups is 1. The van der Waals surface area contributed by atoms with Crippen molar-refractivity contribution in [2.75, 3.05) is 12.4 Å². The first kappa shape index (κ1) is 18.9. The van der Waals surface area contributed by atoms with Gasteiger partial charge in [0.2, 0.25) is 0 Å². The van der Waals surface area contributed by atoms with Crippen LogP contribution in [0.2, 0.25) is 0 Å². The molecule has 25 heavy (non-hydrogen) atoms. The quantitative estimate of drug-likeness (QED) is 0.602. The highest BCUT2D eigenvalue weighted by Crippen LogP contribution is 2.25. The molecule has 0 spiro atoms. The van der Waals surface area contributed by atoms with Crippen LogP contribution in [0.5, 0.6) is 5.75 Å². The van der Waals surface area contributed by atoms with E-state index in [4.69, 9.17) is 9.47 Å². The SMILES string of the molecule is COc1ccccc1NC(=O)[C@H](C)OC(=O)[C@H](C)Sc1ccccc1. The molecule has 2 aromatic rings. The summed E-state index contributed by atoms with van der Waals surface area (Å²) in [5, 5.41) is 2.29. The van der Waals surface area contributed by atoms with Crippen molar-refractivity contribution in [3.05, 3.63) is 54.6 Å². The maximum atomic E-state index is 12.2. The zero-order valence-corrected chi connectivity index (χ0v) is 15.2. The number of benzene rings is 2. The second-order valence-corrected chi connectivity index (χ2v) is 6.76. The summed E-state index contributed by atoms with van der Waals surface area (Å²) >= 11 is 1.39. The molecule has 0 aliphatic carbocycles. The highest BCUT2D eigenvalue weighted by molar-refractivity contribution is 8.00. The van der Waals surface area contributed by atoms with Gasteiger partial charge in [-0.15, -0.1) is 11.8 Å². The zero-order valence-electron chi connectivity index (χ0n) is 14.4. The van der Waals surface area contributed by atoms with Crippen LogP contribution >= 0.6 is 11.8 Å². The van der Waals surface area contributed by atoms with Crippen LogP contribution < -0.4 is 10.1 Å². The molecule has 5 nitrogen and oxygen atoms in total. The number of esters is 1. The summed E-state index contributed by atoms with van der Waals surface area (Å²) in [6.07, 6.45) is -0.906. The predicted octanol–water partition coefficient (Wildman–Crippen LogP) is 3.75. The van der Waals surface area contributed by atoms with Gasteiger partial charge in [0.15, 0.2) is 6.10 Å². The van der Waals surface area contributed by atoms with Gasteiger partial charge in [-0.2, -0.15) is 0 Å². The van der Waals surface area contributed by atoms with Crippen LogP contribution in [-0.2, 0) is 14.3 Å². The van der Waals surface area contributed by atoms with E-state index in [-0.39, 0.29) is 0 Å². The number of hydrogen-bond acceptors (Lipinski definition) is 5. The normalized spacial score (nSPS) is 12.8. The fourth-order valence-electron chi connectivity index (χ4n) is 2.06. The van der Waals surface area contributed by atoms with Gasteiger partial charge in [-0.05, 0) is 38.1 Å². The Morgan fingerprint density at radius 1 is 1.00 bits per heavy atom. The van der Waals surface area contributed by atoms with Crippen molar-refractivity contribution in [2.45, 2.75) is 30.1 Å². The minimum atomic E-state index is -0.906. The van der Waals surface area contributed by atoms with Crippen LogP contribution in [0.25, 0.3) is 0 Å². The summed E-state index contributed by atoms with van der Waals surface area (Å²) in [5.74, 6) is -0.298. The number of amides is 1. The number of ether oxygens (including phenoxy) is 2. The molecule has 0 saturated carbocycles. The van der Waals surface area contributed by atoms with Crippen molar-refractivity contribution in [3.63, 3.8) is 0 Å². The van der Waals surface area contributed by atoms with Crippen molar-refractivity contribution in [1.29, 1.82) is 0 Å². The Morgan fingerprint density at radius 3 is 2.32 bits per heavy atom. The van der Waals surface area contributed by atoms with Crippen LogP contribution in [0.4, 0.5) is 5.69 Å². The number of rotatable bonds is 7. The van der Waals surface area contributed by atoms with Gasteiger partial charge in [0.25, 0.3) is 5.91 Å². The molecule has 1 N–H and O–H groups in total. The number of nitrogens with one attached hydrogen (secondary N) is 1. The Balaban J connectivity index is 1.90. The highest BCUT2D eigenvalue weighted by Gasteiger charge is 2.23. The van der Waals surface area contributed by atoms with Gasteiger partial charge in [-0.25, -0.2) is 0 Å². The average molecular weight is 359 g/mol. The van der Waals surface area contributed by atoms with E-state index in [2.05, 4.69) is 5.32 Å². The molecular formula is C19H21NO4S. The first-order valence-corrected chi connectivity index (χ1v) is 8.75.